The number of hydrogen-bond donors (Lipinski definition) is 0. The third-order valence-corrected chi connectivity index (χ3v) is 5.43. The molecule has 3 heteroatoms. The van der Waals surface area contributed by atoms with Crippen molar-refractivity contribution in [2.45, 2.75) is 13.8 Å². The second-order valence-electron chi connectivity index (χ2n) is 7.82. The molecule has 0 radical (unpaired) electrons. The molecule has 3 aromatic rings. The molecule has 0 aliphatic carbocycles. The van der Waals surface area contributed by atoms with Crippen molar-refractivity contribution < 1.29 is 9.53 Å². The highest BCUT2D eigenvalue weighted by molar-refractivity contribution is 5.99. The number of carbonyl (C=O) groups excluding carboxylic acids is 1. The number of morpholine rings is 1. The van der Waals surface area contributed by atoms with Crippen molar-refractivity contribution in [3.63, 3.8) is 0 Å². The predicted molar refractivity (Wildman–Crippen MR) is 122 cm³/mol. The zero-order chi connectivity index (χ0) is 20.9. The van der Waals surface area contributed by atoms with Crippen LogP contribution in [-0.4, -0.2) is 37.1 Å². The predicted octanol–water partition coefficient (Wildman–Crippen LogP) is 5.26. The topological polar surface area (TPSA) is 29.5 Å². The lowest BCUT2D eigenvalue weighted by atomic mass is 9.93. The quantitative estimate of drug-likeness (QED) is 0.562. The van der Waals surface area contributed by atoms with E-state index in [9.17, 15) is 4.79 Å². The molecule has 152 valence electrons. The Morgan fingerprint density at radius 1 is 0.800 bits per heavy atom. The molecule has 1 aliphatic heterocycles. The van der Waals surface area contributed by atoms with Gasteiger partial charge in [-0.3, -0.25) is 4.79 Å². The Kier molecular flexibility index (Phi) is 6.10. The van der Waals surface area contributed by atoms with E-state index < -0.39 is 0 Å². The number of nitrogens with zero attached hydrogens (tertiary/aromatic N) is 1. The smallest absolute Gasteiger partial charge is 0.247 e. The number of benzene rings is 3. The average Bonchev–Trinajstić information content (AvgIpc) is 2.78. The molecular formula is C27H27NO2. The Morgan fingerprint density at radius 3 is 2.03 bits per heavy atom. The normalized spacial score (nSPS) is 14.6. The standard InChI is InChI=1S/C27H27NO2/c1-20-16-21(2)18-25(17-20)26(19-27(29)28-12-14-30-15-13-28)24-10-8-23(9-11-24)22-6-4-3-5-7-22/h3-11,16-19H,12-15H2,1-2H3. The first-order valence-electron chi connectivity index (χ1n) is 10.4. The van der Waals surface area contributed by atoms with E-state index in [2.05, 4.69) is 68.4 Å². The Labute approximate surface area is 178 Å². The Bertz CT molecular complexity index is 1030. The molecule has 0 bridgehead atoms. The minimum absolute atomic E-state index is 0.0413. The van der Waals surface area contributed by atoms with E-state index in [0.29, 0.717) is 26.3 Å². The highest BCUT2D eigenvalue weighted by Crippen LogP contribution is 2.28. The highest BCUT2D eigenvalue weighted by Gasteiger charge is 2.17. The zero-order valence-electron chi connectivity index (χ0n) is 17.6. The molecule has 0 N–H and O–H groups in total. The van der Waals surface area contributed by atoms with Crippen molar-refractivity contribution in [2.75, 3.05) is 26.3 Å². The molecule has 1 fully saturated rings. The molecule has 3 aromatic carbocycles. The van der Waals surface area contributed by atoms with Crippen molar-refractivity contribution in [1.82, 2.24) is 4.90 Å². The second kappa shape index (κ2) is 9.10. The maximum absolute atomic E-state index is 13.0. The van der Waals surface area contributed by atoms with Crippen LogP contribution in [0.15, 0.2) is 78.9 Å². The van der Waals surface area contributed by atoms with E-state index in [4.69, 9.17) is 4.74 Å². The molecule has 0 unspecified atom stereocenters. The number of aryl methyl sites for hydroxylation is 2. The number of amides is 1. The summed E-state index contributed by atoms with van der Waals surface area (Å²) < 4.78 is 5.40. The number of ether oxygens (including phenoxy) is 1. The maximum Gasteiger partial charge on any atom is 0.247 e. The Balaban J connectivity index is 1.73. The summed E-state index contributed by atoms with van der Waals surface area (Å²) in [6.45, 7) is 6.67. The van der Waals surface area contributed by atoms with Gasteiger partial charge in [0.15, 0.2) is 0 Å². The number of hydrogen-bond acceptors (Lipinski definition) is 2. The molecule has 30 heavy (non-hydrogen) atoms. The molecule has 0 spiro atoms. The molecular weight excluding hydrogens is 370 g/mol. The molecule has 1 saturated heterocycles. The van der Waals surface area contributed by atoms with E-state index in [0.717, 1.165) is 16.7 Å². The molecule has 1 aliphatic rings. The van der Waals surface area contributed by atoms with Crippen molar-refractivity contribution in [3.05, 3.63) is 101 Å². The Hall–Kier alpha value is -3.17. The first kappa shape index (κ1) is 20.1. The van der Waals surface area contributed by atoms with Crippen LogP contribution < -0.4 is 0 Å². The van der Waals surface area contributed by atoms with Crippen LogP contribution in [0, 0.1) is 13.8 Å². The summed E-state index contributed by atoms with van der Waals surface area (Å²) in [6, 6.07) is 25.3. The van der Waals surface area contributed by atoms with Crippen LogP contribution in [0.4, 0.5) is 0 Å². The number of rotatable bonds is 4. The molecule has 3 nitrogen and oxygen atoms in total. The van der Waals surface area contributed by atoms with Crippen LogP contribution in [0.3, 0.4) is 0 Å². The number of carbonyl (C=O) groups is 1. The molecule has 1 heterocycles. The zero-order valence-corrected chi connectivity index (χ0v) is 17.6. The van der Waals surface area contributed by atoms with Gasteiger partial charge < -0.3 is 9.64 Å². The molecule has 4 rings (SSSR count). The van der Waals surface area contributed by atoms with Gasteiger partial charge in [0, 0.05) is 19.2 Å². The lowest BCUT2D eigenvalue weighted by Crippen LogP contribution is -2.39. The van der Waals surface area contributed by atoms with Crippen molar-refractivity contribution in [1.29, 1.82) is 0 Å². The molecule has 0 aromatic heterocycles. The lowest BCUT2D eigenvalue weighted by Gasteiger charge is -2.26. The van der Waals surface area contributed by atoms with Gasteiger partial charge in [-0.2, -0.15) is 0 Å². The van der Waals surface area contributed by atoms with Gasteiger partial charge in [0.25, 0.3) is 0 Å². The van der Waals surface area contributed by atoms with Crippen molar-refractivity contribution >= 4 is 11.5 Å². The lowest BCUT2D eigenvalue weighted by molar-refractivity contribution is -0.129. The summed E-state index contributed by atoms with van der Waals surface area (Å²) in [4.78, 5) is 14.9. The fraction of sp³-hybridized carbons (Fsp3) is 0.222. The van der Waals surface area contributed by atoms with Gasteiger partial charge >= 0.3 is 0 Å². The minimum Gasteiger partial charge on any atom is -0.378 e. The summed E-state index contributed by atoms with van der Waals surface area (Å²) in [6.07, 6.45) is 1.79. The highest BCUT2D eigenvalue weighted by atomic mass is 16.5. The van der Waals surface area contributed by atoms with E-state index in [1.807, 2.05) is 23.1 Å². The fourth-order valence-electron chi connectivity index (χ4n) is 3.93. The van der Waals surface area contributed by atoms with Crippen LogP contribution in [0.2, 0.25) is 0 Å². The van der Waals surface area contributed by atoms with Crippen LogP contribution in [0.25, 0.3) is 16.7 Å². The first-order chi connectivity index (χ1) is 14.6. The molecule has 0 atom stereocenters. The van der Waals surface area contributed by atoms with Gasteiger partial charge in [-0.25, -0.2) is 0 Å². The monoisotopic (exact) mass is 397 g/mol. The molecule has 0 saturated carbocycles. The van der Waals surface area contributed by atoms with Gasteiger partial charge in [-0.15, -0.1) is 0 Å². The van der Waals surface area contributed by atoms with Gasteiger partial charge in [-0.05, 0) is 41.7 Å². The van der Waals surface area contributed by atoms with Crippen LogP contribution >= 0.6 is 0 Å². The first-order valence-corrected chi connectivity index (χ1v) is 10.4. The summed E-state index contributed by atoms with van der Waals surface area (Å²) in [5, 5.41) is 0. The van der Waals surface area contributed by atoms with Crippen LogP contribution in [0.1, 0.15) is 22.3 Å². The summed E-state index contributed by atoms with van der Waals surface area (Å²) in [7, 11) is 0. The van der Waals surface area contributed by atoms with Gasteiger partial charge in [0.1, 0.15) is 0 Å². The third-order valence-electron chi connectivity index (χ3n) is 5.43. The Morgan fingerprint density at radius 2 is 1.40 bits per heavy atom. The van der Waals surface area contributed by atoms with E-state index in [1.165, 1.54) is 22.3 Å². The van der Waals surface area contributed by atoms with Crippen LogP contribution in [-0.2, 0) is 9.53 Å². The minimum atomic E-state index is 0.0413. The van der Waals surface area contributed by atoms with Crippen molar-refractivity contribution in [2.24, 2.45) is 0 Å². The second-order valence-corrected chi connectivity index (χ2v) is 7.82. The third kappa shape index (κ3) is 4.69. The van der Waals surface area contributed by atoms with Gasteiger partial charge in [0.2, 0.25) is 5.91 Å². The van der Waals surface area contributed by atoms with Gasteiger partial charge in [0.05, 0.1) is 13.2 Å². The van der Waals surface area contributed by atoms with E-state index in [1.54, 1.807) is 6.08 Å². The molecule has 1 amide bonds. The maximum atomic E-state index is 13.0. The van der Waals surface area contributed by atoms with Crippen molar-refractivity contribution in [3.8, 4) is 11.1 Å². The van der Waals surface area contributed by atoms with Crippen LogP contribution in [0.5, 0.6) is 0 Å². The van der Waals surface area contributed by atoms with E-state index in [-0.39, 0.29) is 5.91 Å². The summed E-state index contributed by atoms with van der Waals surface area (Å²) in [5.74, 6) is 0.0413. The van der Waals surface area contributed by atoms with Gasteiger partial charge in [-0.1, -0.05) is 83.9 Å². The fourth-order valence-corrected chi connectivity index (χ4v) is 3.93. The largest absolute Gasteiger partial charge is 0.378 e. The average molecular weight is 398 g/mol. The summed E-state index contributed by atoms with van der Waals surface area (Å²) in [5.41, 5.74) is 7.80. The SMILES string of the molecule is Cc1cc(C)cc(C(=CC(=O)N2CCOCC2)c2ccc(-c3ccccc3)cc2)c1. The van der Waals surface area contributed by atoms with E-state index >= 15 is 0 Å². The summed E-state index contributed by atoms with van der Waals surface area (Å²) >= 11 is 0.